The highest BCUT2D eigenvalue weighted by molar-refractivity contribution is 8.00. The Morgan fingerprint density at radius 3 is 2.52 bits per heavy atom. The van der Waals surface area contributed by atoms with Gasteiger partial charge in [0.25, 0.3) is 5.91 Å². The zero-order valence-corrected chi connectivity index (χ0v) is 17.8. The molecule has 29 heavy (non-hydrogen) atoms. The molecule has 0 aliphatic heterocycles. The molecule has 2 aromatic rings. The van der Waals surface area contributed by atoms with Crippen molar-refractivity contribution < 1.29 is 23.9 Å². The van der Waals surface area contributed by atoms with Crippen molar-refractivity contribution in [2.24, 2.45) is 0 Å². The summed E-state index contributed by atoms with van der Waals surface area (Å²) >= 11 is 2.80. The average molecular weight is 435 g/mol. The lowest BCUT2D eigenvalue weighted by atomic mass is 9.95. The minimum Gasteiger partial charge on any atom is -0.497 e. The minimum absolute atomic E-state index is 0.201. The van der Waals surface area contributed by atoms with E-state index in [4.69, 9.17) is 4.74 Å². The van der Waals surface area contributed by atoms with Gasteiger partial charge in [-0.05, 0) is 55.5 Å². The zero-order chi connectivity index (χ0) is 20.8. The third kappa shape index (κ3) is 5.30. The number of benzene rings is 1. The van der Waals surface area contributed by atoms with Crippen LogP contribution < -0.4 is 15.4 Å². The van der Waals surface area contributed by atoms with Crippen molar-refractivity contribution in [2.45, 2.75) is 30.6 Å². The minimum atomic E-state index is -0.821. The van der Waals surface area contributed by atoms with E-state index in [9.17, 15) is 14.4 Å². The third-order valence-corrected chi connectivity index (χ3v) is 6.70. The quantitative estimate of drug-likeness (QED) is 0.671. The third-order valence-electron chi connectivity index (χ3n) is 4.48. The van der Waals surface area contributed by atoms with Crippen LogP contribution in [-0.2, 0) is 22.4 Å². The molecule has 1 aliphatic rings. The Kier molecular flexibility index (Phi) is 7.16. The monoisotopic (exact) mass is 434 g/mol. The molecule has 0 unspecified atom stereocenters. The van der Waals surface area contributed by atoms with Crippen LogP contribution in [-0.4, -0.2) is 37.9 Å². The van der Waals surface area contributed by atoms with E-state index in [1.807, 2.05) is 24.3 Å². The van der Waals surface area contributed by atoms with Crippen molar-refractivity contribution in [1.29, 1.82) is 0 Å². The van der Waals surface area contributed by atoms with Gasteiger partial charge in [0, 0.05) is 9.77 Å². The van der Waals surface area contributed by atoms with E-state index in [1.165, 1.54) is 30.2 Å². The summed E-state index contributed by atoms with van der Waals surface area (Å²) in [6.07, 6.45) is 2.83. The number of aryl methyl sites for hydroxylation is 1. The van der Waals surface area contributed by atoms with E-state index in [-0.39, 0.29) is 11.7 Å². The maximum Gasteiger partial charge on any atom is 0.413 e. The lowest BCUT2D eigenvalue weighted by Gasteiger charge is -2.12. The van der Waals surface area contributed by atoms with Crippen LogP contribution in [0.3, 0.4) is 0 Å². The Labute approximate surface area is 177 Å². The van der Waals surface area contributed by atoms with Crippen molar-refractivity contribution in [1.82, 2.24) is 5.32 Å². The first-order chi connectivity index (χ1) is 14.0. The van der Waals surface area contributed by atoms with Gasteiger partial charge in [-0.1, -0.05) is 0 Å². The summed E-state index contributed by atoms with van der Waals surface area (Å²) in [5, 5.41) is 5.54. The second-order valence-electron chi connectivity index (χ2n) is 6.37. The van der Waals surface area contributed by atoms with E-state index < -0.39 is 12.0 Å². The SMILES string of the molecule is COC(=O)NC(=O)c1c(NC(=O)CSc2ccc(OC)cc2)sc2c1CCCC2. The number of thiophene rings is 1. The summed E-state index contributed by atoms with van der Waals surface area (Å²) in [5.41, 5.74) is 1.29. The molecule has 3 amide bonds. The van der Waals surface area contributed by atoms with Gasteiger partial charge in [-0.25, -0.2) is 4.79 Å². The van der Waals surface area contributed by atoms with E-state index >= 15 is 0 Å². The average Bonchev–Trinajstić information content (AvgIpc) is 3.10. The summed E-state index contributed by atoms with van der Waals surface area (Å²) in [5.74, 6) is 0.197. The van der Waals surface area contributed by atoms with Crippen molar-refractivity contribution in [3.05, 3.63) is 40.3 Å². The van der Waals surface area contributed by atoms with Gasteiger partial charge in [0.1, 0.15) is 10.8 Å². The first-order valence-corrected chi connectivity index (χ1v) is 10.9. The summed E-state index contributed by atoms with van der Waals surface area (Å²) in [4.78, 5) is 38.6. The predicted molar refractivity (Wildman–Crippen MR) is 113 cm³/mol. The molecule has 3 rings (SSSR count). The molecule has 7 nitrogen and oxygen atoms in total. The van der Waals surface area contributed by atoms with E-state index in [0.717, 1.165) is 46.8 Å². The first kappa shape index (κ1) is 21.2. The van der Waals surface area contributed by atoms with Crippen LogP contribution in [0.1, 0.15) is 33.6 Å². The summed E-state index contributed by atoms with van der Waals surface area (Å²) in [6, 6.07) is 7.44. The van der Waals surface area contributed by atoms with Crippen LogP contribution in [0.2, 0.25) is 0 Å². The molecule has 154 valence electrons. The number of alkyl carbamates (subject to hydrolysis) is 1. The number of rotatable bonds is 6. The van der Waals surface area contributed by atoms with E-state index in [2.05, 4.69) is 15.4 Å². The molecule has 2 N–H and O–H groups in total. The fraction of sp³-hybridized carbons (Fsp3) is 0.350. The number of nitrogens with one attached hydrogen (secondary N) is 2. The van der Waals surface area contributed by atoms with Gasteiger partial charge in [-0.15, -0.1) is 23.1 Å². The number of thioether (sulfide) groups is 1. The second-order valence-corrected chi connectivity index (χ2v) is 8.53. The molecule has 1 aromatic carbocycles. The molecule has 0 saturated heterocycles. The number of anilines is 1. The van der Waals surface area contributed by atoms with Gasteiger partial charge < -0.3 is 14.8 Å². The number of hydrogen-bond donors (Lipinski definition) is 2. The summed E-state index contributed by atoms with van der Waals surface area (Å²) in [7, 11) is 2.80. The number of carbonyl (C=O) groups is 3. The maximum absolute atomic E-state index is 12.6. The van der Waals surface area contributed by atoms with Gasteiger partial charge in [0.05, 0.1) is 25.5 Å². The molecule has 0 radical (unpaired) electrons. The number of hydrogen-bond acceptors (Lipinski definition) is 7. The van der Waals surface area contributed by atoms with Gasteiger partial charge in [-0.2, -0.15) is 0 Å². The highest BCUT2D eigenvalue weighted by Crippen LogP contribution is 2.38. The number of carbonyl (C=O) groups excluding carboxylic acids is 3. The second kappa shape index (κ2) is 9.80. The first-order valence-electron chi connectivity index (χ1n) is 9.12. The number of fused-ring (bicyclic) bond motifs is 1. The Morgan fingerprint density at radius 1 is 1.10 bits per heavy atom. The molecule has 0 atom stereocenters. The summed E-state index contributed by atoms with van der Waals surface area (Å²) in [6.45, 7) is 0. The van der Waals surface area contributed by atoms with Crippen molar-refractivity contribution in [3.63, 3.8) is 0 Å². The molecule has 0 fully saturated rings. The van der Waals surface area contributed by atoms with Crippen LogP contribution in [0.4, 0.5) is 9.80 Å². The Hall–Kier alpha value is -2.52. The fourth-order valence-corrected chi connectivity index (χ4v) is 5.09. The van der Waals surface area contributed by atoms with Crippen molar-refractivity contribution in [2.75, 3.05) is 25.3 Å². The summed E-state index contributed by atoms with van der Waals surface area (Å²) < 4.78 is 9.65. The smallest absolute Gasteiger partial charge is 0.413 e. The molecule has 1 heterocycles. The van der Waals surface area contributed by atoms with Crippen LogP contribution >= 0.6 is 23.1 Å². The van der Waals surface area contributed by atoms with Gasteiger partial charge in [-0.3, -0.25) is 14.9 Å². The highest BCUT2D eigenvalue weighted by atomic mass is 32.2. The molecular weight excluding hydrogens is 412 g/mol. The van der Waals surface area contributed by atoms with Crippen LogP contribution in [0.5, 0.6) is 5.75 Å². The topological polar surface area (TPSA) is 93.7 Å². The molecule has 0 bridgehead atoms. The highest BCUT2D eigenvalue weighted by Gasteiger charge is 2.27. The van der Waals surface area contributed by atoms with Crippen LogP contribution in [0.15, 0.2) is 29.2 Å². The van der Waals surface area contributed by atoms with Gasteiger partial charge >= 0.3 is 6.09 Å². The lowest BCUT2D eigenvalue weighted by Crippen LogP contribution is -2.31. The number of methoxy groups -OCH3 is 2. The molecule has 0 saturated carbocycles. The Morgan fingerprint density at radius 2 is 1.83 bits per heavy atom. The molecule has 9 heteroatoms. The Bertz CT molecular complexity index is 908. The standard InChI is InChI=1S/C20H22N2O5S2/c1-26-12-7-9-13(10-8-12)28-11-16(23)21-19-17(18(24)22-20(25)27-2)14-5-3-4-6-15(14)29-19/h7-10H,3-6,11H2,1-2H3,(H,21,23)(H,22,24,25). The molecule has 0 spiro atoms. The normalized spacial score (nSPS) is 12.6. The molecule has 1 aromatic heterocycles. The van der Waals surface area contributed by atoms with E-state index in [0.29, 0.717) is 10.6 Å². The largest absolute Gasteiger partial charge is 0.497 e. The van der Waals surface area contributed by atoms with Gasteiger partial charge in [0.2, 0.25) is 5.91 Å². The molecular formula is C20H22N2O5S2. The van der Waals surface area contributed by atoms with Crippen LogP contribution in [0.25, 0.3) is 0 Å². The zero-order valence-electron chi connectivity index (χ0n) is 16.2. The maximum atomic E-state index is 12.6. The van der Waals surface area contributed by atoms with Crippen LogP contribution in [0, 0.1) is 0 Å². The van der Waals surface area contributed by atoms with E-state index in [1.54, 1.807) is 7.11 Å². The number of ether oxygens (including phenoxy) is 2. The molecule has 1 aliphatic carbocycles. The number of imide groups is 1. The fourth-order valence-electron chi connectivity index (χ4n) is 3.08. The predicted octanol–water partition coefficient (Wildman–Crippen LogP) is 3.86. The lowest BCUT2D eigenvalue weighted by molar-refractivity contribution is -0.113. The van der Waals surface area contributed by atoms with Gasteiger partial charge in [0.15, 0.2) is 0 Å². The van der Waals surface area contributed by atoms with Crippen molar-refractivity contribution in [3.8, 4) is 5.75 Å². The number of amides is 3. The Balaban J connectivity index is 1.71. The van der Waals surface area contributed by atoms with Crippen molar-refractivity contribution >= 4 is 46.0 Å².